The van der Waals surface area contributed by atoms with Crippen molar-refractivity contribution in [2.45, 2.75) is 45.5 Å². The number of carbonyl (C=O) groups excluding carboxylic acids is 2. The summed E-state index contributed by atoms with van der Waals surface area (Å²) in [5.74, 6) is -1.38. The van der Waals surface area contributed by atoms with Gasteiger partial charge in [0.15, 0.2) is 6.10 Å². The molecule has 0 aliphatic rings. The van der Waals surface area contributed by atoms with E-state index in [0.717, 1.165) is 0 Å². The number of carbonyl (C=O) groups is 2. The molecular weight excluding hydrogens is 385 g/mol. The number of anilines is 1. The van der Waals surface area contributed by atoms with Crippen LogP contribution in [0.15, 0.2) is 48.5 Å². The molecule has 0 bridgehead atoms. The highest BCUT2D eigenvalue weighted by molar-refractivity contribution is 5.94. The summed E-state index contributed by atoms with van der Waals surface area (Å²) in [6.07, 6.45) is -5.66. The Kier molecular flexibility index (Phi) is 7.25. The number of halogens is 3. The normalized spacial score (nSPS) is 12.4. The quantitative estimate of drug-likeness (QED) is 0.714. The van der Waals surface area contributed by atoms with Crippen molar-refractivity contribution in [2.75, 3.05) is 5.32 Å². The lowest BCUT2D eigenvalue weighted by Gasteiger charge is -2.15. The molecule has 0 spiro atoms. The Bertz CT molecular complexity index is 832. The van der Waals surface area contributed by atoms with Crippen LogP contribution in [0.25, 0.3) is 0 Å². The van der Waals surface area contributed by atoms with E-state index in [1.807, 2.05) is 24.3 Å². The maximum absolute atomic E-state index is 12.2. The molecule has 0 saturated carbocycles. The van der Waals surface area contributed by atoms with E-state index < -0.39 is 18.2 Å². The lowest BCUT2D eigenvalue weighted by molar-refractivity contribution is -0.167. The van der Waals surface area contributed by atoms with Crippen LogP contribution in [0, 0.1) is 0 Å². The number of benzene rings is 2. The van der Waals surface area contributed by atoms with E-state index in [9.17, 15) is 22.8 Å². The lowest BCUT2D eigenvalue weighted by atomic mass is 10.0. The van der Waals surface area contributed by atoms with Gasteiger partial charge in [-0.3, -0.25) is 9.59 Å². The van der Waals surface area contributed by atoms with Crippen molar-refractivity contribution >= 4 is 17.5 Å². The maximum atomic E-state index is 12.2. The fraction of sp³-hybridized carbons (Fsp3) is 0.333. The number of nitrogens with one attached hydrogen (secondary N) is 2. The van der Waals surface area contributed by atoms with E-state index in [4.69, 9.17) is 4.74 Å². The van der Waals surface area contributed by atoms with Gasteiger partial charge in [-0.25, -0.2) is 0 Å². The third-order valence-electron chi connectivity index (χ3n) is 4.16. The molecule has 29 heavy (non-hydrogen) atoms. The van der Waals surface area contributed by atoms with Crippen molar-refractivity contribution in [3.05, 3.63) is 59.7 Å². The van der Waals surface area contributed by atoms with Gasteiger partial charge >= 0.3 is 12.1 Å². The first-order valence-corrected chi connectivity index (χ1v) is 9.07. The summed E-state index contributed by atoms with van der Waals surface area (Å²) in [6, 6.07) is 13.2. The molecule has 0 radical (unpaired) electrons. The molecular formula is C21H23F3N2O3. The highest BCUT2D eigenvalue weighted by atomic mass is 19.4. The molecule has 156 valence electrons. The lowest BCUT2D eigenvalue weighted by Crippen LogP contribution is -2.35. The zero-order chi connectivity index (χ0) is 21.6. The number of rotatable bonds is 7. The van der Waals surface area contributed by atoms with Crippen molar-refractivity contribution in [3.8, 4) is 5.75 Å². The summed E-state index contributed by atoms with van der Waals surface area (Å²) in [5.41, 5.74) is 1.85. The van der Waals surface area contributed by atoms with E-state index in [1.54, 1.807) is 12.2 Å². The first kappa shape index (κ1) is 22.3. The van der Waals surface area contributed by atoms with Crippen molar-refractivity contribution in [1.82, 2.24) is 5.32 Å². The molecule has 0 heterocycles. The van der Waals surface area contributed by atoms with Crippen molar-refractivity contribution in [2.24, 2.45) is 0 Å². The highest BCUT2D eigenvalue weighted by Crippen LogP contribution is 2.20. The first-order chi connectivity index (χ1) is 13.6. The Morgan fingerprint density at radius 2 is 1.55 bits per heavy atom. The monoisotopic (exact) mass is 408 g/mol. The molecule has 0 fully saturated rings. The van der Waals surface area contributed by atoms with Gasteiger partial charge in [0, 0.05) is 12.2 Å². The van der Waals surface area contributed by atoms with Crippen LogP contribution >= 0.6 is 0 Å². The van der Waals surface area contributed by atoms with Gasteiger partial charge in [0.25, 0.3) is 5.91 Å². The number of amides is 2. The summed E-state index contributed by atoms with van der Waals surface area (Å²) in [7, 11) is 0. The van der Waals surface area contributed by atoms with E-state index in [1.165, 1.54) is 29.8 Å². The van der Waals surface area contributed by atoms with Gasteiger partial charge < -0.3 is 15.4 Å². The average Bonchev–Trinajstić information content (AvgIpc) is 2.66. The van der Waals surface area contributed by atoms with Gasteiger partial charge in [-0.05, 0) is 48.2 Å². The van der Waals surface area contributed by atoms with Crippen LogP contribution in [0.2, 0.25) is 0 Å². The Balaban J connectivity index is 1.84. The molecule has 1 atom stereocenters. The first-order valence-electron chi connectivity index (χ1n) is 9.07. The van der Waals surface area contributed by atoms with Gasteiger partial charge in [-0.15, -0.1) is 0 Å². The molecule has 0 saturated heterocycles. The van der Waals surface area contributed by atoms with Crippen LogP contribution in [-0.2, 0) is 16.1 Å². The van der Waals surface area contributed by atoms with Crippen LogP contribution < -0.4 is 15.4 Å². The summed E-state index contributed by atoms with van der Waals surface area (Å²) in [4.78, 5) is 23.1. The number of hydrogen-bond acceptors (Lipinski definition) is 3. The number of ether oxygens (including phenoxy) is 1. The van der Waals surface area contributed by atoms with Crippen LogP contribution in [0.4, 0.5) is 18.9 Å². The molecule has 2 amide bonds. The Morgan fingerprint density at radius 1 is 0.966 bits per heavy atom. The summed E-state index contributed by atoms with van der Waals surface area (Å²) in [5, 5.41) is 4.46. The largest absolute Gasteiger partial charge is 0.481 e. The molecule has 2 aromatic carbocycles. The molecule has 2 N–H and O–H groups in total. The summed E-state index contributed by atoms with van der Waals surface area (Å²) < 4.78 is 42.3. The SMILES string of the molecule is CC(Oc1ccc(C(C)C)cc1)C(=O)NCc1ccc(NC(=O)C(F)(F)F)cc1. The van der Waals surface area contributed by atoms with E-state index in [-0.39, 0.29) is 18.1 Å². The van der Waals surface area contributed by atoms with Crippen LogP contribution in [0.3, 0.4) is 0 Å². The van der Waals surface area contributed by atoms with Crippen LogP contribution in [0.5, 0.6) is 5.75 Å². The minimum atomic E-state index is -4.95. The predicted octanol–water partition coefficient (Wildman–Crippen LogP) is 4.39. The van der Waals surface area contributed by atoms with Crippen molar-refractivity contribution in [3.63, 3.8) is 0 Å². The second-order valence-corrected chi connectivity index (χ2v) is 6.85. The van der Waals surface area contributed by atoms with E-state index in [0.29, 0.717) is 17.2 Å². The second kappa shape index (κ2) is 9.45. The van der Waals surface area contributed by atoms with Crippen LogP contribution in [0.1, 0.15) is 37.8 Å². The van der Waals surface area contributed by atoms with Gasteiger partial charge in [0.1, 0.15) is 5.75 Å². The van der Waals surface area contributed by atoms with Gasteiger partial charge in [0.05, 0.1) is 0 Å². The summed E-state index contributed by atoms with van der Waals surface area (Å²) in [6.45, 7) is 5.97. The van der Waals surface area contributed by atoms with Crippen LogP contribution in [-0.4, -0.2) is 24.1 Å². The molecule has 0 aromatic heterocycles. The minimum absolute atomic E-state index is 0.0175. The summed E-state index contributed by atoms with van der Waals surface area (Å²) >= 11 is 0. The highest BCUT2D eigenvalue weighted by Gasteiger charge is 2.38. The van der Waals surface area contributed by atoms with E-state index >= 15 is 0 Å². The third kappa shape index (κ3) is 6.81. The minimum Gasteiger partial charge on any atom is -0.481 e. The fourth-order valence-corrected chi connectivity index (χ4v) is 2.43. The fourth-order valence-electron chi connectivity index (χ4n) is 2.43. The van der Waals surface area contributed by atoms with E-state index in [2.05, 4.69) is 19.2 Å². The molecule has 1 unspecified atom stereocenters. The zero-order valence-electron chi connectivity index (χ0n) is 16.3. The molecule has 2 rings (SSSR count). The molecule has 0 aliphatic carbocycles. The second-order valence-electron chi connectivity index (χ2n) is 6.85. The number of alkyl halides is 3. The van der Waals surface area contributed by atoms with Gasteiger partial charge in [0.2, 0.25) is 0 Å². The van der Waals surface area contributed by atoms with Gasteiger partial charge in [-0.1, -0.05) is 38.1 Å². The third-order valence-corrected chi connectivity index (χ3v) is 4.16. The predicted molar refractivity (Wildman–Crippen MR) is 104 cm³/mol. The molecule has 0 aliphatic heterocycles. The number of hydrogen-bond donors (Lipinski definition) is 2. The maximum Gasteiger partial charge on any atom is 0.471 e. The average molecular weight is 408 g/mol. The molecule has 2 aromatic rings. The zero-order valence-corrected chi connectivity index (χ0v) is 16.3. The Hall–Kier alpha value is -3.03. The smallest absolute Gasteiger partial charge is 0.471 e. The topological polar surface area (TPSA) is 67.4 Å². The standard InChI is InChI=1S/C21H23F3N2O3/c1-13(2)16-6-10-18(11-7-16)29-14(3)19(27)25-12-15-4-8-17(9-5-15)26-20(28)21(22,23)24/h4-11,13-14H,12H2,1-3H3,(H,25,27)(H,26,28). The van der Waals surface area contributed by atoms with Gasteiger partial charge in [-0.2, -0.15) is 13.2 Å². The van der Waals surface area contributed by atoms with Crippen molar-refractivity contribution < 1.29 is 27.5 Å². The Labute approximate surface area is 167 Å². The Morgan fingerprint density at radius 3 is 2.07 bits per heavy atom. The van der Waals surface area contributed by atoms with Crippen molar-refractivity contribution in [1.29, 1.82) is 0 Å². The molecule has 8 heteroatoms. The molecule has 5 nitrogen and oxygen atoms in total.